The van der Waals surface area contributed by atoms with Gasteiger partial charge in [0.15, 0.2) is 0 Å². The molecule has 1 N–H and O–H groups in total. The number of nitro groups is 1. The van der Waals surface area contributed by atoms with Gasteiger partial charge in [-0.3, -0.25) is 24.6 Å². The van der Waals surface area contributed by atoms with Gasteiger partial charge in [0.1, 0.15) is 11.6 Å². The van der Waals surface area contributed by atoms with Crippen LogP contribution in [0.25, 0.3) is 5.76 Å². The standard InChI is InChI=1S/C23H14ClFN2O5/c24-17-12-15(9-10-18(17)25)26-20(13-5-2-1-3-6-13)19(22(29)23(26)30)21(28)14-7-4-8-16(11-14)27(31)32/h1-12,20,28H/b21-19+. The fourth-order valence-electron chi connectivity index (χ4n) is 3.61. The zero-order valence-electron chi connectivity index (χ0n) is 16.2. The van der Waals surface area contributed by atoms with E-state index in [2.05, 4.69) is 0 Å². The van der Waals surface area contributed by atoms with Gasteiger partial charge in [-0.25, -0.2) is 4.39 Å². The third kappa shape index (κ3) is 3.61. The smallest absolute Gasteiger partial charge is 0.300 e. The molecule has 0 saturated carbocycles. The van der Waals surface area contributed by atoms with E-state index in [0.717, 1.165) is 17.0 Å². The topological polar surface area (TPSA) is 101 Å². The van der Waals surface area contributed by atoms with Crippen molar-refractivity contribution >= 4 is 40.4 Å². The number of benzene rings is 3. The number of aliphatic hydroxyl groups excluding tert-OH is 1. The van der Waals surface area contributed by atoms with Crippen molar-refractivity contribution in [3.63, 3.8) is 0 Å². The molecule has 1 aliphatic rings. The number of carbonyl (C=O) groups excluding carboxylic acids is 2. The van der Waals surface area contributed by atoms with Crippen molar-refractivity contribution in [2.45, 2.75) is 6.04 Å². The summed E-state index contributed by atoms with van der Waals surface area (Å²) in [4.78, 5) is 37.6. The van der Waals surface area contributed by atoms with Gasteiger partial charge in [0.2, 0.25) is 0 Å². The number of aliphatic hydroxyl groups is 1. The van der Waals surface area contributed by atoms with Crippen molar-refractivity contribution in [3.8, 4) is 0 Å². The second-order valence-electron chi connectivity index (χ2n) is 6.99. The Morgan fingerprint density at radius 2 is 1.75 bits per heavy atom. The normalized spacial score (nSPS) is 17.6. The molecule has 1 saturated heterocycles. The van der Waals surface area contributed by atoms with Crippen LogP contribution in [0.5, 0.6) is 0 Å². The minimum absolute atomic E-state index is 0.00951. The Hall–Kier alpha value is -4.04. The van der Waals surface area contributed by atoms with Crippen LogP contribution in [0.3, 0.4) is 0 Å². The zero-order chi connectivity index (χ0) is 23.0. The Morgan fingerprint density at radius 1 is 1.03 bits per heavy atom. The number of non-ortho nitro benzene ring substituents is 1. The van der Waals surface area contributed by atoms with Crippen LogP contribution in [0.1, 0.15) is 17.2 Å². The van der Waals surface area contributed by atoms with Crippen LogP contribution >= 0.6 is 11.6 Å². The van der Waals surface area contributed by atoms with E-state index in [1.807, 2.05) is 0 Å². The summed E-state index contributed by atoms with van der Waals surface area (Å²) in [5, 5.41) is 21.9. The molecule has 7 nitrogen and oxygen atoms in total. The maximum Gasteiger partial charge on any atom is 0.300 e. The van der Waals surface area contributed by atoms with Crippen LogP contribution in [0.4, 0.5) is 15.8 Å². The molecule has 0 radical (unpaired) electrons. The van der Waals surface area contributed by atoms with Crippen LogP contribution in [-0.2, 0) is 9.59 Å². The SMILES string of the molecule is O=C1C(=O)N(c2ccc(F)c(Cl)c2)C(c2ccccc2)/C1=C(\O)c1cccc([N+](=O)[O-])c1. The highest BCUT2D eigenvalue weighted by Gasteiger charge is 2.47. The highest BCUT2D eigenvalue weighted by atomic mass is 35.5. The molecule has 4 rings (SSSR count). The van der Waals surface area contributed by atoms with Crippen molar-refractivity contribution in [1.82, 2.24) is 0 Å². The van der Waals surface area contributed by atoms with Crippen LogP contribution in [0, 0.1) is 15.9 Å². The van der Waals surface area contributed by atoms with Gasteiger partial charge in [-0.2, -0.15) is 0 Å². The van der Waals surface area contributed by atoms with E-state index in [9.17, 15) is 29.2 Å². The molecular weight excluding hydrogens is 439 g/mol. The monoisotopic (exact) mass is 452 g/mol. The predicted octanol–water partition coefficient (Wildman–Crippen LogP) is 5.01. The Kier molecular flexibility index (Phi) is 5.46. The summed E-state index contributed by atoms with van der Waals surface area (Å²) in [5.41, 5.74) is 0.131. The number of anilines is 1. The van der Waals surface area contributed by atoms with Gasteiger partial charge < -0.3 is 5.11 Å². The van der Waals surface area contributed by atoms with E-state index in [1.165, 1.54) is 30.3 Å². The highest BCUT2D eigenvalue weighted by molar-refractivity contribution is 6.51. The molecule has 3 aromatic rings. The van der Waals surface area contributed by atoms with Gasteiger partial charge in [-0.1, -0.05) is 54.1 Å². The predicted molar refractivity (Wildman–Crippen MR) is 116 cm³/mol. The maximum atomic E-state index is 13.7. The van der Waals surface area contributed by atoms with Crippen LogP contribution in [0.15, 0.2) is 78.4 Å². The van der Waals surface area contributed by atoms with Crippen LogP contribution in [-0.4, -0.2) is 21.7 Å². The number of rotatable bonds is 4. The molecule has 1 atom stereocenters. The fourth-order valence-corrected chi connectivity index (χ4v) is 3.78. The third-order valence-corrected chi connectivity index (χ3v) is 5.36. The van der Waals surface area contributed by atoms with Crippen LogP contribution < -0.4 is 4.90 Å². The third-order valence-electron chi connectivity index (χ3n) is 5.07. The fraction of sp³-hybridized carbons (Fsp3) is 0.0435. The summed E-state index contributed by atoms with van der Waals surface area (Å²) < 4.78 is 13.7. The molecule has 1 aliphatic heterocycles. The highest BCUT2D eigenvalue weighted by Crippen LogP contribution is 2.42. The van der Waals surface area contributed by atoms with Gasteiger partial charge in [-0.15, -0.1) is 0 Å². The lowest BCUT2D eigenvalue weighted by Crippen LogP contribution is -2.29. The van der Waals surface area contributed by atoms with Gasteiger partial charge in [0.25, 0.3) is 17.4 Å². The molecule has 32 heavy (non-hydrogen) atoms. The van der Waals surface area contributed by atoms with Crippen molar-refractivity contribution in [2.24, 2.45) is 0 Å². The molecule has 1 amide bonds. The number of nitrogens with zero attached hydrogens (tertiary/aromatic N) is 2. The van der Waals surface area contributed by atoms with E-state index < -0.39 is 34.2 Å². The summed E-state index contributed by atoms with van der Waals surface area (Å²) >= 11 is 5.89. The lowest BCUT2D eigenvalue weighted by molar-refractivity contribution is -0.384. The van der Waals surface area contributed by atoms with Gasteiger partial charge in [-0.05, 0) is 23.8 Å². The van der Waals surface area contributed by atoms with Crippen LogP contribution in [0.2, 0.25) is 5.02 Å². The Bertz CT molecular complexity index is 1290. The summed E-state index contributed by atoms with van der Waals surface area (Å²) in [6.45, 7) is 0. The average molecular weight is 453 g/mol. The molecule has 1 heterocycles. The number of Topliss-reactive ketones (excluding diaryl/α,β-unsaturated/α-hetero) is 1. The minimum atomic E-state index is -1.06. The quantitative estimate of drug-likeness (QED) is 0.197. The Labute approximate surface area is 186 Å². The number of hydrogen-bond acceptors (Lipinski definition) is 5. The largest absolute Gasteiger partial charge is 0.507 e. The lowest BCUT2D eigenvalue weighted by atomic mass is 9.95. The number of amides is 1. The molecule has 160 valence electrons. The van der Waals surface area contributed by atoms with E-state index in [4.69, 9.17) is 11.6 Å². The number of carbonyl (C=O) groups is 2. The minimum Gasteiger partial charge on any atom is -0.507 e. The second kappa shape index (κ2) is 8.24. The number of ketones is 1. The first kappa shape index (κ1) is 21.2. The molecule has 3 aromatic carbocycles. The van der Waals surface area contributed by atoms with Gasteiger partial charge in [0, 0.05) is 23.4 Å². The van der Waals surface area contributed by atoms with E-state index in [1.54, 1.807) is 30.3 Å². The summed E-state index contributed by atoms with van der Waals surface area (Å²) in [6.07, 6.45) is 0. The van der Waals surface area contributed by atoms with Crippen molar-refractivity contribution in [3.05, 3.63) is 110 Å². The number of hydrogen-bond donors (Lipinski definition) is 1. The molecule has 0 aromatic heterocycles. The summed E-state index contributed by atoms with van der Waals surface area (Å²) in [5.74, 6) is -3.19. The molecule has 1 unspecified atom stereocenters. The summed E-state index contributed by atoms with van der Waals surface area (Å²) in [6, 6.07) is 16.1. The van der Waals surface area contributed by atoms with Crippen molar-refractivity contribution in [2.75, 3.05) is 4.90 Å². The molecule has 1 fully saturated rings. The van der Waals surface area contributed by atoms with Gasteiger partial charge in [0.05, 0.1) is 21.6 Å². The number of nitro benzene ring substituents is 1. The lowest BCUT2D eigenvalue weighted by Gasteiger charge is -2.25. The van der Waals surface area contributed by atoms with Crippen molar-refractivity contribution < 1.29 is 24.0 Å². The second-order valence-corrected chi connectivity index (χ2v) is 7.39. The maximum absolute atomic E-state index is 13.7. The van der Waals surface area contributed by atoms with E-state index in [0.29, 0.717) is 5.56 Å². The molecule has 9 heteroatoms. The Morgan fingerprint density at radius 3 is 2.41 bits per heavy atom. The van der Waals surface area contributed by atoms with E-state index in [-0.39, 0.29) is 27.5 Å². The van der Waals surface area contributed by atoms with Crippen molar-refractivity contribution in [1.29, 1.82) is 0 Å². The summed E-state index contributed by atoms with van der Waals surface area (Å²) in [7, 11) is 0. The molecule has 0 bridgehead atoms. The Balaban J connectivity index is 1.95. The number of halogens is 2. The first-order chi connectivity index (χ1) is 15.3. The van der Waals surface area contributed by atoms with Gasteiger partial charge >= 0.3 is 0 Å². The zero-order valence-corrected chi connectivity index (χ0v) is 17.0. The molecule has 0 aliphatic carbocycles. The molecular formula is C23H14ClFN2O5. The average Bonchev–Trinajstić information content (AvgIpc) is 3.06. The first-order valence-electron chi connectivity index (χ1n) is 9.35. The van der Waals surface area contributed by atoms with E-state index >= 15 is 0 Å². The molecule has 0 spiro atoms. The first-order valence-corrected chi connectivity index (χ1v) is 9.73.